The molecule has 2 atom stereocenters. The summed E-state index contributed by atoms with van der Waals surface area (Å²) in [6.07, 6.45) is 1.92. The third kappa shape index (κ3) is 2.32. The van der Waals surface area contributed by atoms with Gasteiger partial charge in [0, 0.05) is 31.7 Å². The Kier molecular flexibility index (Phi) is 3.15. The Morgan fingerprint density at radius 1 is 1.50 bits per heavy atom. The van der Waals surface area contributed by atoms with Crippen molar-refractivity contribution in [2.75, 3.05) is 32.8 Å². The molecule has 0 amide bonds. The first-order valence-corrected chi connectivity index (χ1v) is 5.34. The smallest absolute Gasteiger partial charge is 0.152 e. The van der Waals surface area contributed by atoms with E-state index in [4.69, 9.17) is 10.5 Å². The Hall–Kier alpha value is -0.450. The quantitative estimate of drug-likeness (QED) is 0.672. The largest absolute Gasteiger partial charge is 0.381 e. The number of hydrogen-bond acceptors (Lipinski definition) is 4. The highest BCUT2D eigenvalue weighted by atomic mass is 16.5. The molecule has 2 saturated heterocycles. The van der Waals surface area contributed by atoms with Gasteiger partial charge in [-0.25, -0.2) is 0 Å². The maximum atomic E-state index is 11.7. The molecule has 0 radical (unpaired) electrons. The lowest BCUT2D eigenvalue weighted by atomic mass is 10.0. The molecule has 2 aliphatic heterocycles. The highest BCUT2D eigenvalue weighted by molar-refractivity contribution is 5.83. The molecular weight excluding hydrogens is 180 g/mol. The van der Waals surface area contributed by atoms with Crippen LogP contribution >= 0.6 is 0 Å². The van der Waals surface area contributed by atoms with Crippen molar-refractivity contribution >= 4 is 5.78 Å². The molecule has 0 aromatic rings. The zero-order valence-corrected chi connectivity index (χ0v) is 8.45. The topological polar surface area (TPSA) is 55.6 Å². The van der Waals surface area contributed by atoms with Gasteiger partial charge in [-0.1, -0.05) is 0 Å². The van der Waals surface area contributed by atoms with Gasteiger partial charge in [0.2, 0.25) is 0 Å². The highest BCUT2D eigenvalue weighted by Crippen LogP contribution is 2.15. The molecule has 0 bridgehead atoms. The Bertz CT molecular complexity index is 214. The van der Waals surface area contributed by atoms with E-state index in [1.807, 2.05) is 0 Å². The number of nitrogens with zero attached hydrogens (tertiary/aromatic N) is 1. The number of Topliss-reactive ketones (excluding diaryl/α,β-unsaturated/α-hetero) is 1. The zero-order valence-electron chi connectivity index (χ0n) is 8.45. The second kappa shape index (κ2) is 4.38. The number of carbonyl (C=O) groups is 1. The van der Waals surface area contributed by atoms with Crippen molar-refractivity contribution in [3.63, 3.8) is 0 Å². The number of ketones is 1. The van der Waals surface area contributed by atoms with Gasteiger partial charge in [0.15, 0.2) is 5.78 Å². The number of hydrogen-bond donors (Lipinski definition) is 1. The minimum absolute atomic E-state index is 0.145. The maximum Gasteiger partial charge on any atom is 0.152 e. The zero-order chi connectivity index (χ0) is 9.97. The Morgan fingerprint density at radius 2 is 2.36 bits per heavy atom. The van der Waals surface area contributed by atoms with Crippen LogP contribution in [0.25, 0.3) is 0 Å². The van der Waals surface area contributed by atoms with Crippen LogP contribution in [-0.4, -0.2) is 49.6 Å². The number of ether oxygens (including phenoxy) is 1. The first-order valence-electron chi connectivity index (χ1n) is 5.34. The van der Waals surface area contributed by atoms with Crippen LogP contribution in [0.15, 0.2) is 0 Å². The minimum Gasteiger partial charge on any atom is -0.381 e. The van der Waals surface area contributed by atoms with Crippen LogP contribution < -0.4 is 5.73 Å². The summed E-state index contributed by atoms with van der Waals surface area (Å²) >= 11 is 0. The van der Waals surface area contributed by atoms with E-state index in [-0.39, 0.29) is 12.0 Å². The van der Waals surface area contributed by atoms with Gasteiger partial charge in [0.25, 0.3) is 0 Å². The molecule has 0 aliphatic carbocycles. The first kappa shape index (κ1) is 10.1. The van der Waals surface area contributed by atoms with Crippen LogP contribution in [0.4, 0.5) is 0 Å². The van der Waals surface area contributed by atoms with Gasteiger partial charge in [-0.15, -0.1) is 0 Å². The molecule has 4 heteroatoms. The molecular formula is C10H18N2O2. The second-order valence-corrected chi connectivity index (χ2v) is 4.31. The van der Waals surface area contributed by atoms with Crippen molar-refractivity contribution in [2.24, 2.45) is 11.7 Å². The minimum atomic E-state index is 0.145. The third-order valence-electron chi connectivity index (χ3n) is 3.07. The van der Waals surface area contributed by atoms with E-state index in [1.54, 1.807) is 0 Å². The molecule has 2 aliphatic rings. The molecule has 0 aromatic carbocycles. The molecule has 2 rings (SSSR count). The predicted octanol–water partition coefficient (Wildman–Crippen LogP) is -0.375. The van der Waals surface area contributed by atoms with Gasteiger partial charge in [0.1, 0.15) is 0 Å². The van der Waals surface area contributed by atoms with Gasteiger partial charge in [-0.3, -0.25) is 9.69 Å². The van der Waals surface area contributed by atoms with Gasteiger partial charge in [-0.05, 0) is 12.8 Å². The summed E-state index contributed by atoms with van der Waals surface area (Å²) in [7, 11) is 0. The summed E-state index contributed by atoms with van der Waals surface area (Å²) in [5, 5.41) is 0. The molecule has 14 heavy (non-hydrogen) atoms. The summed E-state index contributed by atoms with van der Waals surface area (Å²) < 4.78 is 5.20. The Labute approximate surface area is 84.4 Å². The van der Waals surface area contributed by atoms with Crippen LogP contribution in [0, 0.1) is 5.92 Å². The number of likely N-dealkylation sites (tertiary alicyclic amines) is 1. The van der Waals surface area contributed by atoms with Gasteiger partial charge >= 0.3 is 0 Å². The lowest BCUT2D eigenvalue weighted by molar-refractivity contribution is -0.123. The van der Waals surface area contributed by atoms with Crippen LogP contribution in [0.3, 0.4) is 0 Å². The summed E-state index contributed by atoms with van der Waals surface area (Å²) in [5.74, 6) is 0.475. The average Bonchev–Trinajstić information content (AvgIpc) is 2.75. The molecule has 0 aromatic heterocycles. The van der Waals surface area contributed by atoms with E-state index >= 15 is 0 Å². The van der Waals surface area contributed by atoms with E-state index in [1.165, 1.54) is 0 Å². The average molecular weight is 198 g/mol. The Balaban J connectivity index is 1.76. The van der Waals surface area contributed by atoms with Crippen molar-refractivity contribution in [3.8, 4) is 0 Å². The summed E-state index contributed by atoms with van der Waals surface area (Å²) in [5.41, 5.74) is 5.78. The van der Waals surface area contributed by atoms with Crippen LogP contribution in [0.2, 0.25) is 0 Å². The van der Waals surface area contributed by atoms with Gasteiger partial charge < -0.3 is 10.5 Å². The van der Waals surface area contributed by atoms with E-state index in [9.17, 15) is 4.79 Å². The molecule has 2 N–H and O–H groups in total. The van der Waals surface area contributed by atoms with Crippen LogP contribution in [0.5, 0.6) is 0 Å². The normalized spacial score (nSPS) is 33.8. The molecule has 2 unspecified atom stereocenters. The summed E-state index contributed by atoms with van der Waals surface area (Å²) in [4.78, 5) is 13.9. The Morgan fingerprint density at radius 3 is 2.93 bits per heavy atom. The van der Waals surface area contributed by atoms with Crippen molar-refractivity contribution < 1.29 is 9.53 Å². The van der Waals surface area contributed by atoms with Gasteiger partial charge in [-0.2, -0.15) is 0 Å². The number of nitrogens with two attached hydrogens (primary N) is 1. The van der Waals surface area contributed by atoms with Crippen LogP contribution in [0.1, 0.15) is 12.8 Å². The fourth-order valence-corrected chi connectivity index (χ4v) is 2.14. The molecule has 0 saturated carbocycles. The summed E-state index contributed by atoms with van der Waals surface area (Å²) in [6.45, 7) is 3.79. The third-order valence-corrected chi connectivity index (χ3v) is 3.07. The fourth-order valence-electron chi connectivity index (χ4n) is 2.14. The van der Waals surface area contributed by atoms with E-state index in [0.717, 1.165) is 32.5 Å². The molecule has 0 spiro atoms. The van der Waals surface area contributed by atoms with E-state index < -0.39 is 0 Å². The molecule has 2 heterocycles. The lowest BCUT2D eigenvalue weighted by Crippen LogP contribution is -2.33. The predicted molar refractivity (Wildman–Crippen MR) is 53.0 cm³/mol. The second-order valence-electron chi connectivity index (χ2n) is 4.31. The monoisotopic (exact) mass is 198 g/mol. The number of rotatable bonds is 3. The fraction of sp³-hybridized carbons (Fsp3) is 0.900. The standard InChI is InChI=1S/C10H18N2O2/c11-9-1-3-12(5-9)6-10(13)8-2-4-14-7-8/h8-9H,1-7,11H2. The van der Waals surface area contributed by atoms with Crippen molar-refractivity contribution in [1.82, 2.24) is 4.90 Å². The van der Waals surface area contributed by atoms with Gasteiger partial charge in [0.05, 0.1) is 13.2 Å². The SMILES string of the molecule is NC1CCN(CC(=O)C2CCOC2)C1. The van der Waals surface area contributed by atoms with E-state index in [0.29, 0.717) is 18.9 Å². The van der Waals surface area contributed by atoms with Crippen molar-refractivity contribution in [2.45, 2.75) is 18.9 Å². The van der Waals surface area contributed by atoms with E-state index in [2.05, 4.69) is 4.90 Å². The number of carbonyl (C=O) groups excluding carboxylic acids is 1. The maximum absolute atomic E-state index is 11.7. The summed E-state index contributed by atoms with van der Waals surface area (Å²) in [6, 6.07) is 0.266. The highest BCUT2D eigenvalue weighted by Gasteiger charge is 2.27. The lowest BCUT2D eigenvalue weighted by Gasteiger charge is -2.15. The van der Waals surface area contributed by atoms with Crippen molar-refractivity contribution in [3.05, 3.63) is 0 Å². The first-order chi connectivity index (χ1) is 6.75. The molecule has 2 fully saturated rings. The van der Waals surface area contributed by atoms with Crippen LogP contribution in [-0.2, 0) is 9.53 Å². The molecule has 4 nitrogen and oxygen atoms in total. The van der Waals surface area contributed by atoms with Crippen molar-refractivity contribution in [1.29, 1.82) is 0 Å². The molecule has 80 valence electrons.